The molecule has 0 bridgehead atoms. The summed E-state index contributed by atoms with van der Waals surface area (Å²) in [5.41, 5.74) is 0. The molecule has 1 heterocycles. The van der Waals surface area contributed by atoms with Crippen molar-refractivity contribution in [3.8, 4) is 0 Å². The van der Waals surface area contributed by atoms with E-state index in [9.17, 15) is 0 Å². The summed E-state index contributed by atoms with van der Waals surface area (Å²) in [7, 11) is -0.0340. The summed E-state index contributed by atoms with van der Waals surface area (Å²) >= 11 is 0. The summed E-state index contributed by atoms with van der Waals surface area (Å²) in [6.45, 7) is 0. The number of hydrogen-bond donors (Lipinski definition) is 0. The van der Waals surface area contributed by atoms with E-state index in [2.05, 4.69) is 0 Å². The van der Waals surface area contributed by atoms with Crippen LogP contribution < -0.4 is 0 Å². The van der Waals surface area contributed by atoms with Crippen molar-refractivity contribution in [2.24, 2.45) is 0 Å². The van der Waals surface area contributed by atoms with E-state index in [0.717, 1.165) is 0 Å². The van der Waals surface area contributed by atoms with E-state index in [0.29, 0.717) is 0 Å². The largest absolute Gasteiger partial charge is 0.138 e. The molecule has 6 heavy (non-hydrogen) atoms. The van der Waals surface area contributed by atoms with Crippen LogP contribution in [0.2, 0.25) is 0 Å². The number of rotatable bonds is 0. The van der Waals surface area contributed by atoms with Gasteiger partial charge in [-0.1, -0.05) is 12.2 Å². The molecule has 1 aliphatic rings. The highest BCUT2D eigenvalue weighted by molar-refractivity contribution is 8.19. The van der Waals surface area contributed by atoms with Crippen molar-refractivity contribution >= 4 is 16.4 Å². The van der Waals surface area contributed by atoms with E-state index in [1.807, 2.05) is 23.0 Å². The van der Waals surface area contributed by atoms with Crippen molar-refractivity contribution in [1.82, 2.24) is 0 Å². The predicted octanol–water partition coefficient (Wildman–Crippen LogP) is 1.61. The Kier molecular flexibility index (Phi) is 0.926. The maximum absolute atomic E-state index is 5.39. The Morgan fingerprint density at radius 1 is 1.17 bits per heavy atom. The first-order valence-electron chi connectivity index (χ1n) is 1.71. The second kappa shape index (κ2) is 1.43. The fourth-order valence-corrected chi connectivity index (χ4v) is 0.953. The minimum absolute atomic E-state index is 0.0340. The summed E-state index contributed by atoms with van der Waals surface area (Å²) in [6.07, 6.45) is 3.92. The van der Waals surface area contributed by atoms with Crippen molar-refractivity contribution in [2.75, 3.05) is 0 Å². The van der Waals surface area contributed by atoms with Crippen LogP contribution in [0.1, 0.15) is 0 Å². The van der Waals surface area contributed by atoms with Gasteiger partial charge in [0.15, 0.2) is 0 Å². The number of allylic oxidation sites excluding steroid dienone is 2. The average Bonchev–Trinajstić information content (AvgIpc) is 1.86. The number of hydrogen-bond acceptors (Lipinski definition) is 0. The molecule has 0 aromatic carbocycles. The Morgan fingerprint density at radius 2 is 1.67 bits per heavy atom. The molecule has 0 saturated carbocycles. The highest BCUT2D eigenvalue weighted by atomic mass is 32.2. The lowest BCUT2D eigenvalue weighted by atomic mass is 10.6. The van der Waals surface area contributed by atoms with Gasteiger partial charge in [-0.15, -0.1) is 10.5 Å². The monoisotopic (exact) mass is 97.0 g/mol. The van der Waals surface area contributed by atoms with Gasteiger partial charge in [0.1, 0.15) is 0 Å². The van der Waals surface area contributed by atoms with Crippen LogP contribution >= 0.6 is 10.5 Å². The zero-order valence-corrected chi connectivity index (χ0v) is 4.11. The van der Waals surface area contributed by atoms with Crippen LogP contribution in [0, 0.1) is 0 Å². The SMILES string of the molecule is [CH]=S1C=CC=C1. The Labute approximate surface area is 40.1 Å². The van der Waals surface area contributed by atoms with Gasteiger partial charge in [0, 0.05) is 0 Å². The summed E-state index contributed by atoms with van der Waals surface area (Å²) in [5.74, 6) is 5.39. The molecule has 0 unspecified atom stereocenters. The van der Waals surface area contributed by atoms with Gasteiger partial charge in [0.25, 0.3) is 0 Å². The van der Waals surface area contributed by atoms with Crippen molar-refractivity contribution in [1.29, 1.82) is 0 Å². The average molecular weight is 97.2 g/mol. The molecule has 1 radical (unpaired) electrons. The van der Waals surface area contributed by atoms with Gasteiger partial charge in [0.2, 0.25) is 0 Å². The second-order valence-electron chi connectivity index (χ2n) is 1.07. The smallest absolute Gasteiger partial charge is 0.0246 e. The van der Waals surface area contributed by atoms with Crippen LogP contribution in [-0.4, -0.2) is 5.87 Å². The molecule has 1 heteroatoms. The molecule has 31 valence electrons. The van der Waals surface area contributed by atoms with E-state index in [4.69, 9.17) is 5.87 Å². The van der Waals surface area contributed by atoms with E-state index in [1.54, 1.807) is 0 Å². The Morgan fingerprint density at radius 3 is 1.83 bits per heavy atom. The summed E-state index contributed by atoms with van der Waals surface area (Å²) in [6, 6.07) is 0. The predicted molar refractivity (Wildman–Crippen MR) is 31.9 cm³/mol. The molecule has 0 atom stereocenters. The molecule has 1 rings (SSSR count). The summed E-state index contributed by atoms with van der Waals surface area (Å²) in [5, 5.41) is 3.94. The topological polar surface area (TPSA) is 0 Å². The molecule has 0 aliphatic carbocycles. The molecule has 0 saturated heterocycles. The molecule has 0 aromatic rings. The maximum Gasteiger partial charge on any atom is -0.0246 e. The third kappa shape index (κ3) is 0.601. The van der Waals surface area contributed by atoms with Gasteiger partial charge >= 0.3 is 0 Å². The van der Waals surface area contributed by atoms with E-state index < -0.39 is 0 Å². The standard InChI is InChI=1S/C5H5S/c1-6-4-2-3-5-6/h1-5H. The third-order valence-corrected chi connectivity index (χ3v) is 1.53. The first-order valence-corrected chi connectivity index (χ1v) is 3.12. The normalized spacial score (nSPS) is 20.0. The van der Waals surface area contributed by atoms with Crippen LogP contribution in [0.4, 0.5) is 0 Å². The molecular weight excluding hydrogens is 92.1 g/mol. The minimum Gasteiger partial charge on any atom is -0.138 e. The van der Waals surface area contributed by atoms with E-state index in [1.165, 1.54) is 0 Å². The van der Waals surface area contributed by atoms with Crippen LogP contribution in [0.15, 0.2) is 23.0 Å². The lowest BCUT2D eigenvalue weighted by Gasteiger charge is -1.74. The lowest BCUT2D eigenvalue weighted by molar-refractivity contribution is 2.15. The third-order valence-electron chi connectivity index (χ3n) is 0.583. The van der Waals surface area contributed by atoms with Gasteiger partial charge in [-0.2, -0.15) is 0 Å². The fraction of sp³-hybridized carbons (Fsp3) is 0. The van der Waals surface area contributed by atoms with Crippen LogP contribution in [-0.2, 0) is 0 Å². The molecule has 0 N–H and O–H groups in total. The van der Waals surface area contributed by atoms with Gasteiger partial charge in [-0.3, -0.25) is 0 Å². The van der Waals surface area contributed by atoms with Crippen LogP contribution in [0.25, 0.3) is 0 Å². The van der Waals surface area contributed by atoms with E-state index >= 15 is 0 Å². The second-order valence-corrected chi connectivity index (χ2v) is 2.43. The molecule has 0 amide bonds. The molecule has 1 aliphatic heterocycles. The Hall–Kier alpha value is -0.300. The van der Waals surface area contributed by atoms with Gasteiger partial charge in [0.05, 0.1) is 0 Å². The zero-order valence-electron chi connectivity index (χ0n) is 3.29. The highest BCUT2D eigenvalue weighted by Gasteiger charge is 1.79. The molecule has 0 fully saturated rings. The van der Waals surface area contributed by atoms with E-state index in [-0.39, 0.29) is 10.5 Å². The molecule has 0 nitrogen and oxygen atoms in total. The fourth-order valence-electron chi connectivity index (χ4n) is 0.318. The molecule has 0 aromatic heterocycles. The quantitative estimate of drug-likeness (QED) is 0.403. The van der Waals surface area contributed by atoms with Gasteiger partial charge in [-0.05, 0) is 16.7 Å². The summed E-state index contributed by atoms with van der Waals surface area (Å²) in [4.78, 5) is 0. The van der Waals surface area contributed by atoms with Crippen molar-refractivity contribution < 1.29 is 0 Å². The van der Waals surface area contributed by atoms with Crippen LogP contribution in [0.5, 0.6) is 0 Å². The maximum atomic E-state index is 5.39. The van der Waals surface area contributed by atoms with Gasteiger partial charge < -0.3 is 0 Å². The Balaban J connectivity index is 2.86. The molecular formula is C5H5S. The van der Waals surface area contributed by atoms with Gasteiger partial charge in [-0.25, -0.2) is 0 Å². The Bertz CT molecular complexity index is 106. The molecule has 0 spiro atoms. The highest BCUT2D eigenvalue weighted by Crippen LogP contribution is 2.17. The van der Waals surface area contributed by atoms with Crippen molar-refractivity contribution in [3.63, 3.8) is 0 Å². The lowest BCUT2D eigenvalue weighted by Crippen LogP contribution is -1.35. The summed E-state index contributed by atoms with van der Waals surface area (Å²) < 4.78 is 0. The first kappa shape index (κ1) is 3.88. The van der Waals surface area contributed by atoms with Crippen LogP contribution in [0.3, 0.4) is 0 Å². The van der Waals surface area contributed by atoms with Crippen molar-refractivity contribution in [3.05, 3.63) is 23.0 Å². The first-order chi connectivity index (χ1) is 2.89. The zero-order chi connectivity index (χ0) is 4.41. The van der Waals surface area contributed by atoms with Crippen molar-refractivity contribution in [2.45, 2.75) is 0 Å². The minimum atomic E-state index is -0.0340.